The Kier molecular flexibility index (Phi) is 7.51. The van der Waals surface area contributed by atoms with E-state index >= 15 is 0 Å². The summed E-state index contributed by atoms with van der Waals surface area (Å²) in [6.45, 7) is 4.25. The number of hydrogen-bond donors (Lipinski definition) is 1. The maximum atomic E-state index is 13.6. The van der Waals surface area contributed by atoms with Gasteiger partial charge in [0.1, 0.15) is 11.6 Å². The van der Waals surface area contributed by atoms with Gasteiger partial charge in [0.05, 0.1) is 5.56 Å². The first-order chi connectivity index (χ1) is 16.7. The molecule has 6 heteroatoms. The molecule has 0 aromatic heterocycles. The highest BCUT2D eigenvalue weighted by Crippen LogP contribution is 2.38. The molecular formula is C29H32F2N2O2. The van der Waals surface area contributed by atoms with E-state index in [1.54, 1.807) is 6.07 Å². The molecule has 0 radical (unpaired) electrons. The largest absolute Gasteiger partial charge is 0.478 e. The van der Waals surface area contributed by atoms with Crippen molar-refractivity contribution >= 4 is 11.7 Å². The smallest absolute Gasteiger partial charge is 0.336 e. The second kappa shape index (κ2) is 10.6. The highest BCUT2D eigenvalue weighted by Gasteiger charge is 2.29. The number of halogens is 2. The molecule has 0 bridgehead atoms. The van der Waals surface area contributed by atoms with Gasteiger partial charge in [-0.25, -0.2) is 13.6 Å². The summed E-state index contributed by atoms with van der Waals surface area (Å²) in [5, 5.41) is 9.81. The SMILES string of the molecule is Cc1cc(CN2CCC(C(c3ccc(F)cc3)c3ccc(F)cc3)CC2)c(C(=O)O)cc1N(C)C. The zero-order chi connectivity index (χ0) is 25.1. The third kappa shape index (κ3) is 5.70. The van der Waals surface area contributed by atoms with Gasteiger partial charge in [0.2, 0.25) is 0 Å². The van der Waals surface area contributed by atoms with E-state index in [0.29, 0.717) is 18.0 Å². The van der Waals surface area contributed by atoms with Crippen LogP contribution in [-0.2, 0) is 6.54 Å². The van der Waals surface area contributed by atoms with Gasteiger partial charge in [0.25, 0.3) is 0 Å². The van der Waals surface area contributed by atoms with Gasteiger partial charge in [-0.15, -0.1) is 0 Å². The van der Waals surface area contributed by atoms with E-state index in [9.17, 15) is 18.7 Å². The second-order valence-electron chi connectivity index (χ2n) is 9.69. The number of anilines is 1. The number of carbonyl (C=O) groups is 1. The maximum Gasteiger partial charge on any atom is 0.336 e. The Bertz CT molecular complexity index is 1120. The van der Waals surface area contributed by atoms with Gasteiger partial charge in [-0.05, 0) is 91.4 Å². The molecule has 1 fully saturated rings. The fraction of sp³-hybridized carbons (Fsp3) is 0.345. The molecule has 4 rings (SSSR count). The summed E-state index contributed by atoms with van der Waals surface area (Å²) in [6, 6.07) is 17.0. The Morgan fingerprint density at radius 2 is 1.49 bits per heavy atom. The van der Waals surface area contributed by atoms with Gasteiger partial charge < -0.3 is 10.0 Å². The van der Waals surface area contributed by atoms with Crippen LogP contribution in [0.5, 0.6) is 0 Å². The van der Waals surface area contributed by atoms with Crippen LogP contribution >= 0.6 is 0 Å². The molecule has 0 unspecified atom stereocenters. The van der Waals surface area contributed by atoms with Crippen LogP contribution in [0.1, 0.15) is 51.4 Å². The monoisotopic (exact) mass is 478 g/mol. The van der Waals surface area contributed by atoms with Gasteiger partial charge >= 0.3 is 5.97 Å². The number of piperidine rings is 1. The second-order valence-corrected chi connectivity index (χ2v) is 9.69. The number of aryl methyl sites for hydroxylation is 1. The van der Waals surface area contributed by atoms with Crippen molar-refractivity contribution in [1.82, 2.24) is 4.90 Å². The van der Waals surface area contributed by atoms with Gasteiger partial charge in [0, 0.05) is 32.2 Å². The van der Waals surface area contributed by atoms with E-state index in [-0.39, 0.29) is 17.6 Å². The molecule has 3 aromatic carbocycles. The molecule has 3 aromatic rings. The minimum atomic E-state index is -0.911. The molecule has 0 aliphatic carbocycles. The van der Waals surface area contributed by atoms with E-state index < -0.39 is 5.97 Å². The zero-order valence-electron chi connectivity index (χ0n) is 20.5. The van der Waals surface area contributed by atoms with E-state index in [1.807, 2.05) is 56.3 Å². The normalized spacial score (nSPS) is 14.9. The number of carboxylic acid groups (broad SMARTS) is 1. The van der Waals surface area contributed by atoms with Crippen LogP contribution in [0.15, 0.2) is 60.7 Å². The summed E-state index contributed by atoms with van der Waals surface area (Å²) in [5.74, 6) is -1.09. The molecule has 0 spiro atoms. The quantitative estimate of drug-likeness (QED) is 0.447. The van der Waals surface area contributed by atoms with Gasteiger partial charge in [0.15, 0.2) is 0 Å². The Morgan fingerprint density at radius 3 is 1.94 bits per heavy atom. The Morgan fingerprint density at radius 1 is 0.971 bits per heavy atom. The van der Waals surface area contributed by atoms with Crippen molar-refractivity contribution in [3.8, 4) is 0 Å². The molecule has 1 saturated heterocycles. The van der Waals surface area contributed by atoms with Crippen molar-refractivity contribution in [2.45, 2.75) is 32.2 Å². The molecule has 184 valence electrons. The molecule has 1 aliphatic heterocycles. The minimum absolute atomic E-state index is 0.0505. The maximum absolute atomic E-state index is 13.6. The molecule has 1 heterocycles. The van der Waals surface area contributed by atoms with Gasteiger partial charge in [-0.2, -0.15) is 0 Å². The first-order valence-electron chi connectivity index (χ1n) is 12.0. The first-order valence-corrected chi connectivity index (χ1v) is 12.0. The van der Waals surface area contributed by atoms with E-state index in [0.717, 1.165) is 53.9 Å². The lowest BCUT2D eigenvalue weighted by Crippen LogP contribution is -2.36. The van der Waals surface area contributed by atoms with Gasteiger partial charge in [-0.3, -0.25) is 4.90 Å². The number of benzene rings is 3. The number of aromatic carboxylic acids is 1. The highest BCUT2D eigenvalue weighted by atomic mass is 19.1. The molecule has 0 atom stereocenters. The molecule has 1 N–H and O–H groups in total. The molecular weight excluding hydrogens is 446 g/mol. The average Bonchev–Trinajstić information content (AvgIpc) is 2.82. The number of carboxylic acids is 1. The molecule has 0 amide bonds. The lowest BCUT2D eigenvalue weighted by atomic mass is 9.76. The third-order valence-corrected chi connectivity index (χ3v) is 7.09. The van der Waals surface area contributed by atoms with Crippen molar-refractivity contribution in [2.75, 3.05) is 32.1 Å². The topological polar surface area (TPSA) is 43.8 Å². The van der Waals surface area contributed by atoms with Gasteiger partial charge in [-0.1, -0.05) is 30.3 Å². The summed E-state index contributed by atoms with van der Waals surface area (Å²) in [7, 11) is 3.83. The number of rotatable bonds is 7. The number of hydrogen-bond acceptors (Lipinski definition) is 3. The van der Waals surface area contributed by atoms with Crippen LogP contribution in [0.3, 0.4) is 0 Å². The van der Waals surface area contributed by atoms with E-state index in [2.05, 4.69) is 4.90 Å². The third-order valence-electron chi connectivity index (χ3n) is 7.09. The van der Waals surface area contributed by atoms with Crippen molar-refractivity contribution in [2.24, 2.45) is 5.92 Å². The molecule has 4 nitrogen and oxygen atoms in total. The van der Waals surface area contributed by atoms with E-state index in [4.69, 9.17) is 0 Å². The predicted octanol–water partition coefficient (Wildman–Crippen LogP) is 6.08. The summed E-state index contributed by atoms with van der Waals surface area (Å²) >= 11 is 0. The molecule has 1 aliphatic rings. The van der Waals surface area contributed by atoms with Crippen LogP contribution in [-0.4, -0.2) is 43.2 Å². The standard InChI is InChI=1S/C29H32F2N2O2/c1-19-16-23(26(29(34)35)17-27(19)32(2)3)18-33-14-12-22(13-15-33)28(20-4-8-24(30)9-5-20)21-6-10-25(31)11-7-21/h4-11,16-17,22,28H,12-15,18H2,1-3H3,(H,34,35). The first kappa shape index (κ1) is 24.9. The van der Waals surface area contributed by atoms with Crippen molar-refractivity contribution in [1.29, 1.82) is 0 Å². The Balaban J connectivity index is 1.53. The average molecular weight is 479 g/mol. The van der Waals surface area contributed by atoms with Crippen molar-refractivity contribution in [3.63, 3.8) is 0 Å². The summed E-state index contributed by atoms with van der Waals surface area (Å²) in [6.07, 6.45) is 1.83. The summed E-state index contributed by atoms with van der Waals surface area (Å²) in [4.78, 5) is 16.2. The highest BCUT2D eigenvalue weighted by molar-refractivity contribution is 5.91. The lowest BCUT2D eigenvalue weighted by molar-refractivity contribution is 0.0693. The number of nitrogens with zero attached hydrogens (tertiary/aromatic N) is 2. The van der Waals surface area contributed by atoms with Crippen LogP contribution in [0.2, 0.25) is 0 Å². The van der Waals surface area contributed by atoms with Crippen LogP contribution in [0.25, 0.3) is 0 Å². The fourth-order valence-electron chi connectivity index (χ4n) is 5.33. The zero-order valence-corrected chi connectivity index (χ0v) is 20.5. The fourth-order valence-corrected chi connectivity index (χ4v) is 5.33. The van der Waals surface area contributed by atoms with Crippen LogP contribution in [0.4, 0.5) is 14.5 Å². The van der Waals surface area contributed by atoms with E-state index in [1.165, 1.54) is 24.3 Å². The predicted molar refractivity (Wildman–Crippen MR) is 135 cm³/mol. The number of likely N-dealkylation sites (tertiary alicyclic amines) is 1. The molecule has 0 saturated carbocycles. The summed E-state index contributed by atoms with van der Waals surface area (Å²) in [5.41, 5.74) is 5.19. The molecule has 35 heavy (non-hydrogen) atoms. The van der Waals surface area contributed by atoms with Crippen LogP contribution < -0.4 is 4.90 Å². The minimum Gasteiger partial charge on any atom is -0.478 e. The van der Waals surface area contributed by atoms with Crippen molar-refractivity contribution in [3.05, 3.63) is 100 Å². The lowest BCUT2D eigenvalue weighted by Gasteiger charge is -2.37. The Hall–Kier alpha value is -3.25. The summed E-state index contributed by atoms with van der Waals surface area (Å²) < 4.78 is 27.2. The Labute approximate surface area is 205 Å². The van der Waals surface area contributed by atoms with Crippen LogP contribution in [0, 0.1) is 24.5 Å². The van der Waals surface area contributed by atoms with Crippen molar-refractivity contribution < 1.29 is 18.7 Å².